The summed E-state index contributed by atoms with van der Waals surface area (Å²) in [7, 11) is 0. The Kier molecular flexibility index (Phi) is 8.95. The fourth-order valence-electron chi connectivity index (χ4n) is 6.13. The van der Waals surface area contributed by atoms with Crippen molar-refractivity contribution in [2.24, 2.45) is 0 Å². The van der Waals surface area contributed by atoms with E-state index in [2.05, 4.69) is 89.7 Å². The molecule has 4 aromatic carbocycles. The van der Waals surface area contributed by atoms with Crippen molar-refractivity contribution in [2.75, 3.05) is 0 Å². The van der Waals surface area contributed by atoms with E-state index in [0.29, 0.717) is 23.2 Å². The van der Waals surface area contributed by atoms with Gasteiger partial charge in [-0.3, -0.25) is 9.37 Å². The van der Waals surface area contributed by atoms with Crippen LogP contribution in [-0.2, 0) is 20.1 Å². The van der Waals surface area contributed by atoms with E-state index in [1.807, 2.05) is 43.5 Å². The van der Waals surface area contributed by atoms with E-state index in [-0.39, 0.29) is 31.2 Å². The van der Waals surface area contributed by atoms with Crippen molar-refractivity contribution in [1.82, 2.24) is 24.5 Å². The molecule has 0 N–H and O–H groups in total. The molecule has 8 heteroatoms. The molecule has 0 saturated heterocycles. The third-order valence-electron chi connectivity index (χ3n) is 8.53. The smallest absolute Gasteiger partial charge is 0.171 e. The van der Waals surface area contributed by atoms with Crippen LogP contribution in [0.3, 0.4) is 0 Å². The summed E-state index contributed by atoms with van der Waals surface area (Å²) in [6, 6.07) is 30.6. The Morgan fingerprint density at radius 2 is 1.62 bits per heavy atom. The summed E-state index contributed by atoms with van der Waals surface area (Å²) in [5, 5.41) is 2.14. The van der Waals surface area contributed by atoms with Crippen molar-refractivity contribution in [3.8, 4) is 28.3 Å². The molecule has 0 bridgehead atoms. The number of hydrogen-bond donors (Lipinski definition) is 0. The molecule has 8 rings (SSSR count). The van der Waals surface area contributed by atoms with Crippen LogP contribution in [0.4, 0.5) is 4.39 Å². The Balaban J connectivity index is 0.000000215. The van der Waals surface area contributed by atoms with Crippen LogP contribution in [0.15, 0.2) is 102 Å². The molecule has 0 saturated carbocycles. The van der Waals surface area contributed by atoms with Gasteiger partial charge in [0.1, 0.15) is 17.4 Å². The Labute approximate surface area is 309 Å². The monoisotopic (exact) mass is 841 g/mol. The Morgan fingerprint density at radius 3 is 2.32 bits per heavy atom. The van der Waals surface area contributed by atoms with Gasteiger partial charge in [-0.15, -0.1) is 42.0 Å². The molecular weight excluding hydrogens is 802 g/mol. The normalized spacial score (nSPS) is 12.4. The molecule has 0 amide bonds. The van der Waals surface area contributed by atoms with Gasteiger partial charge in [0.2, 0.25) is 0 Å². The number of benzene rings is 4. The molecule has 8 aromatic rings. The van der Waals surface area contributed by atoms with Crippen molar-refractivity contribution in [2.45, 2.75) is 53.3 Å². The zero-order valence-electron chi connectivity index (χ0n) is 31.2. The van der Waals surface area contributed by atoms with Gasteiger partial charge in [-0.1, -0.05) is 99.6 Å². The average Bonchev–Trinajstić information content (AvgIpc) is 3.70. The topological polar surface area (TPSA) is 69.6 Å². The number of fused-ring (bicyclic) bond motifs is 4. The van der Waals surface area contributed by atoms with Gasteiger partial charge in [0, 0.05) is 47.3 Å². The second-order valence-corrected chi connectivity index (χ2v) is 12.6. The molecule has 0 spiro atoms. The first-order chi connectivity index (χ1) is 24.9. The maximum absolute atomic E-state index is 13.8. The first kappa shape index (κ1) is 31.0. The van der Waals surface area contributed by atoms with Gasteiger partial charge in [0.25, 0.3) is 0 Å². The molecule has 253 valence electrons. The number of furan rings is 1. The van der Waals surface area contributed by atoms with E-state index in [9.17, 15) is 4.39 Å². The zero-order chi connectivity index (χ0) is 36.7. The Hall–Kier alpha value is -5.04. The minimum Gasteiger partial charge on any atom is -0.501 e. The van der Waals surface area contributed by atoms with Crippen LogP contribution in [0.2, 0.25) is 0 Å². The van der Waals surface area contributed by atoms with Gasteiger partial charge in [0.05, 0.1) is 17.6 Å². The summed E-state index contributed by atoms with van der Waals surface area (Å²) in [5.41, 5.74) is 9.16. The summed E-state index contributed by atoms with van der Waals surface area (Å²) < 4.78 is 44.0. The number of imidazole rings is 1. The third-order valence-corrected chi connectivity index (χ3v) is 8.53. The number of pyridine rings is 1. The molecule has 4 aromatic heterocycles. The van der Waals surface area contributed by atoms with E-state index in [1.165, 1.54) is 17.2 Å². The summed E-state index contributed by atoms with van der Waals surface area (Å²) in [6.45, 7) is 8.47. The standard InChI is InChI=1S/C29H25N4O.C13H11FN.Ir/c1-17(2)19-10-7-11-20(18(3)4)26(19)33-24-15-30-16-31-28(24)32-29(33)23-13-8-12-22-21-9-5-6-14-25(21)34-27(22)23;1-9-3-5-11(12(14)7-9)13-6-4-10(2)8-15-13;/h5-12,14-18H,1-4H3;3-4,6-8H,1-2H3;/q2*-1;/i;1D3;. The van der Waals surface area contributed by atoms with Crippen molar-refractivity contribution in [3.05, 3.63) is 138 Å². The van der Waals surface area contributed by atoms with E-state index in [0.717, 1.165) is 56.2 Å². The van der Waals surface area contributed by atoms with Crippen LogP contribution in [0, 0.1) is 31.7 Å². The predicted octanol–water partition coefficient (Wildman–Crippen LogP) is 10.7. The fourth-order valence-corrected chi connectivity index (χ4v) is 6.13. The summed E-state index contributed by atoms with van der Waals surface area (Å²) in [6.07, 6.45) is 5.02. The number of aromatic nitrogens is 5. The van der Waals surface area contributed by atoms with Gasteiger partial charge >= 0.3 is 0 Å². The molecule has 6 nitrogen and oxygen atoms in total. The molecule has 0 aliphatic heterocycles. The van der Waals surface area contributed by atoms with Gasteiger partial charge < -0.3 is 14.0 Å². The number of aryl methyl sites for hydroxylation is 2. The maximum atomic E-state index is 13.8. The summed E-state index contributed by atoms with van der Waals surface area (Å²) >= 11 is 0. The molecule has 0 fully saturated rings. The minimum absolute atomic E-state index is 0. The number of halogens is 1. The first-order valence-electron chi connectivity index (χ1n) is 17.7. The number of rotatable bonds is 5. The molecule has 50 heavy (non-hydrogen) atoms. The van der Waals surface area contributed by atoms with E-state index < -0.39 is 12.7 Å². The Bertz CT molecular complexity index is 2530. The minimum atomic E-state index is -2.32. The van der Waals surface area contributed by atoms with Crippen LogP contribution in [0.25, 0.3) is 61.4 Å². The van der Waals surface area contributed by atoms with E-state index in [4.69, 9.17) is 13.5 Å². The molecule has 0 atom stereocenters. The molecule has 0 aliphatic carbocycles. The predicted molar refractivity (Wildman–Crippen MR) is 194 cm³/mol. The number of hydrogen-bond acceptors (Lipinski definition) is 5. The van der Waals surface area contributed by atoms with Crippen LogP contribution < -0.4 is 0 Å². The van der Waals surface area contributed by atoms with Crippen LogP contribution in [0.1, 0.15) is 65.9 Å². The van der Waals surface area contributed by atoms with Crippen LogP contribution >= 0.6 is 0 Å². The van der Waals surface area contributed by atoms with Crippen molar-refractivity contribution < 1.29 is 33.0 Å². The molecule has 0 unspecified atom stereocenters. The molecular formula is C42H36FIrN5O-2. The number of nitrogens with zero attached hydrogens (tertiary/aromatic N) is 5. The Morgan fingerprint density at radius 1 is 0.840 bits per heavy atom. The average molecular weight is 841 g/mol. The maximum Gasteiger partial charge on any atom is 0.171 e. The van der Waals surface area contributed by atoms with Crippen molar-refractivity contribution in [1.29, 1.82) is 0 Å². The van der Waals surface area contributed by atoms with Crippen LogP contribution in [0.5, 0.6) is 0 Å². The summed E-state index contributed by atoms with van der Waals surface area (Å²) in [5.74, 6) is 0.791. The zero-order valence-corrected chi connectivity index (χ0v) is 30.6. The summed E-state index contributed by atoms with van der Waals surface area (Å²) in [4.78, 5) is 17.9. The van der Waals surface area contributed by atoms with Crippen LogP contribution in [-0.4, -0.2) is 24.5 Å². The first-order valence-corrected chi connectivity index (χ1v) is 16.2. The largest absolute Gasteiger partial charge is 0.501 e. The van der Waals surface area contributed by atoms with Gasteiger partial charge in [-0.2, -0.15) is 0 Å². The molecule has 0 aliphatic rings. The van der Waals surface area contributed by atoms with E-state index >= 15 is 0 Å². The quantitative estimate of drug-likeness (QED) is 0.162. The fraction of sp³-hybridized carbons (Fsp3) is 0.190. The van der Waals surface area contributed by atoms with Gasteiger partial charge in [-0.05, 0) is 47.2 Å². The van der Waals surface area contributed by atoms with Gasteiger partial charge in [0.15, 0.2) is 5.65 Å². The SMILES string of the molecule is CC(C)c1cccc(C(C)C)c1-n1c(-c2[c-]ccc3c2oc2ccccc23)nc2ncncc21.[2H]C([2H])([2H])c1c[c-]c(-c2ccc(C)cn2)c(F)c1.[Ir]. The second-order valence-electron chi connectivity index (χ2n) is 12.6. The van der Waals surface area contributed by atoms with Crippen molar-refractivity contribution >= 4 is 33.1 Å². The molecule has 1 radical (unpaired) electrons. The van der Waals surface area contributed by atoms with Gasteiger partial charge in [-0.25, -0.2) is 9.97 Å². The molecule has 4 heterocycles. The van der Waals surface area contributed by atoms with E-state index in [1.54, 1.807) is 18.6 Å². The van der Waals surface area contributed by atoms with Crippen molar-refractivity contribution in [3.63, 3.8) is 0 Å². The number of para-hydroxylation sites is 2. The third kappa shape index (κ3) is 6.49. The second kappa shape index (κ2) is 14.4.